The second kappa shape index (κ2) is 9.08. The number of benzene rings is 1. The van der Waals surface area contributed by atoms with E-state index in [0.29, 0.717) is 18.5 Å². The first-order chi connectivity index (χ1) is 12.4. The van der Waals surface area contributed by atoms with Gasteiger partial charge in [-0.3, -0.25) is 14.6 Å². The number of nitrogens with one attached hydrogen (secondary N) is 1. The first kappa shape index (κ1) is 19.6. The zero-order valence-electron chi connectivity index (χ0n) is 15.3. The van der Waals surface area contributed by atoms with E-state index in [1.165, 1.54) is 24.3 Å². The van der Waals surface area contributed by atoms with Crippen LogP contribution in [0.3, 0.4) is 0 Å². The molecule has 26 heavy (non-hydrogen) atoms. The van der Waals surface area contributed by atoms with Crippen LogP contribution in [0.1, 0.15) is 29.9 Å². The van der Waals surface area contributed by atoms with Crippen molar-refractivity contribution in [2.24, 2.45) is 5.92 Å². The smallest absolute Gasteiger partial charge is 0.251 e. The van der Waals surface area contributed by atoms with E-state index in [-0.39, 0.29) is 11.8 Å². The van der Waals surface area contributed by atoms with Gasteiger partial charge in [0.25, 0.3) is 5.91 Å². The SMILES string of the molecule is CC(C)C(NC(=O)c1ccc(F)cc1)C(=O)N(C)CCc1ccccn1. The van der Waals surface area contributed by atoms with Gasteiger partial charge in [0.05, 0.1) is 0 Å². The predicted octanol–water partition coefficient (Wildman–Crippen LogP) is 2.68. The molecule has 0 aliphatic heterocycles. The van der Waals surface area contributed by atoms with Gasteiger partial charge < -0.3 is 10.2 Å². The number of hydrogen-bond acceptors (Lipinski definition) is 3. The number of halogens is 1. The average molecular weight is 357 g/mol. The normalized spacial score (nSPS) is 11.9. The Kier molecular flexibility index (Phi) is 6.83. The van der Waals surface area contributed by atoms with Crippen molar-refractivity contribution in [2.45, 2.75) is 26.3 Å². The summed E-state index contributed by atoms with van der Waals surface area (Å²) in [6.45, 7) is 4.26. The molecule has 0 radical (unpaired) electrons. The zero-order chi connectivity index (χ0) is 19.1. The van der Waals surface area contributed by atoms with E-state index in [4.69, 9.17) is 0 Å². The Hall–Kier alpha value is -2.76. The Morgan fingerprint density at radius 2 is 1.85 bits per heavy atom. The molecule has 0 fully saturated rings. The fourth-order valence-electron chi connectivity index (χ4n) is 2.52. The van der Waals surface area contributed by atoms with Gasteiger partial charge in [-0.1, -0.05) is 19.9 Å². The standard InChI is InChI=1S/C20H24FN3O2/c1-14(2)18(23-19(25)15-7-9-16(21)10-8-15)20(26)24(3)13-11-17-6-4-5-12-22-17/h4-10,12,14,18H,11,13H2,1-3H3,(H,23,25). The van der Waals surface area contributed by atoms with Crippen LogP contribution in [0.15, 0.2) is 48.7 Å². The van der Waals surface area contributed by atoms with Gasteiger partial charge >= 0.3 is 0 Å². The first-order valence-electron chi connectivity index (χ1n) is 8.60. The van der Waals surface area contributed by atoms with E-state index in [9.17, 15) is 14.0 Å². The van der Waals surface area contributed by atoms with Gasteiger partial charge in [0.2, 0.25) is 5.91 Å². The Morgan fingerprint density at radius 1 is 1.15 bits per heavy atom. The molecule has 1 atom stereocenters. The molecule has 0 aliphatic rings. The number of likely N-dealkylation sites (N-methyl/N-ethyl adjacent to an activating group) is 1. The third-order valence-corrected chi connectivity index (χ3v) is 4.13. The lowest BCUT2D eigenvalue weighted by atomic mass is 10.0. The molecule has 1 aromatic heterocycles. The molecular formula is C20H24FN3O2. The minimum absolute atomic E-state index is 0.0794. The number of carbonyl (C=O) groups excluding carboxylic acids is 2. The summed E-state index contributed by atoms with van der Waals surface area (Å²) in [5.41, 5.74) is 1.23. The third kappa shape index (κ3) is 5.37. The lowest BCUT2D eigenvalue weighted by molar-refractivity contribution is -0.133. The molecule has 2 rings (SSSR count). The molecule has 6 heteroatoms. The van der Waals surface area contributed by atoms with Crippen LogP contribution in [0, 0.1) is 11.7 Å². The fraction of sp³-hybridized carbons (Fsp3) is 0.350. The van der Waals surface area contributed by atoms with E-state index < -0.39 is 17.8 Å². The molecule has 1 aromatic carbocycles. The number of rotatable bonds is 7. The highest BCUT2D eigenvalue weighted by molar-refractivity contribution is 5.97. The van der Waals surface area contributed by atoms with Crippen LogP contribution in [0.4, 0.5) is 4.39 Å². The van der Waals surface area contributed by atoms with E-state index >= 15 is 0 Å². The zero-order valence-corrected chi connectivity index (χ0v) is 15.3. The molecule has 0 saturated heterocycles. The van der Waals surface area contributed by atoms with E-state index in [2.05, 4.69) is 10.3 Å². The highest BCUT2D eigenvalue weighted by atomic mass is 19.1. The average Bonchev–Trinajstić information content (AvgIpc) is 2.64. The quantitative estimate of drug-likeness (QED) is 0.829. The lowest BCUT2D eigenvalue weighted by Gasteiger charge is -2.27. The second-order valence-electron chi connectivity index (χ2n) is 6.53. The van der Waals surface area contributed by atoms with Gasteiger partial charge in [-0.15, -0.1) is 0 Å². The topological polar surface area (TPSA) is 62.3 Å². The van der Waals surface area contributed by atoms with Crippen molar-refractivity contribution >= 4 is 11.8 Å². The summed E-state index contributed by atoms with van der Waals surface area (Å²) in [5, 5.41) is 2.76. The van der Waals surface area contributed by atoms with Crippen LogP contribution >= 0.6 is 0 Å². The molecule has 0 saturated carbocycles. The van der Waals surface area contributed by atoms with Crippen molar-refractivity contribution in [3.63, 3.8) is 0 Å². The van der Waals surface area contributed by atoms with E-state index in [0.717, 1.165) is 5.69 Å². The number of nitrogens with zero attached hydrogens (tertiary/aromatic N) is 2. The summed E-state index contributed by atoms with van der Waals surface area (Å²) in [6.07, 6.45) is 2.36. The molecule has 0 aliphatic carbocycles. The fourth-order valence-corrected chi connectivity index (χ4v) is 2.52. The maximum Gasteiger partial charge on any atom is 0.251 e. The van der Waals surface area contributed by atoms with Crippen LogP contribution in [-0.2, 0) is 11.2 Å². The molecule has 138 valence electrons. The van der Waals surface area contributed by atoms with Crippen molar-refractivity contribution in [1.82, 2.24) is 15.2 Å². The van der Waals surface area contributed by atoms with Crippen LogP contribution in [0.5, 0.6) is 0 Å². The number of carbonyl (C=O) groups is 2. The van der Waals surface area contributed by atoms with Crippen LogP contribution in [0.2, 0.25) is 0 Å². The van der Waals surface area contributed by atoms with Crippen LogP contribution in [-0.4, -0.2) is 41.3 Å². The van der Waals surface area contributed by atoms with Gasteiger partial charge in [-0.2, -0.15) is 0 Å². The molecule has 2 amide bonds. The maximum absolute atomic E-state index is 13.0. The van der Waals surface area contributed by atoms with Crippen molar-refractivity contribution in [3.05, 3.63) is 65.7 Å². The lowest BCUT2D eigenvalue weighted by Crippen LogP contribution is -2.50. The van der Waals surface area contributed by atoms with Gasteiger partial charge in [0.1, 0.15) is 11.9 Å². The molecule has 1 heterocycles. The molecule has 0 spiro atoms. The molecule has 5 nitrogen and oxygen atoms in total. The summed E-state index contributed by atoms with van der Waals surface area (Å²) in [6, 6.07) is 10.3. The Bertz CT molecular complexity index is 732. The van der Waals surface area contributed by atoms with Gasteiger partial charge in [0.15, 0.2) is 0 Å². The summed E-state index contributed by atoms with van der Waals surface area (Å²) in [5.74, 6) is -1.04. The summed E-state index contributed by atoms with van der Waals surface area (Å²) in [7, 11) is 1.71. The Labute approximate surface area is 153 Å². The second-order valence-corrected chi connectivity index (χ2v) is 6.53. The summed E-state index contributed by atoms with van der Waals surface area (Å²) >= 11 is 0. The largest absolute Gasteiger partial charge is 0.344 e. The first-order valence-corrected chi connectivity index (χ1v) is 8.60. The number of aromatic nitrogens is 1. The molecular weight excluding hydrogens is 333 g/mol. The van der Waals surface area contributed by atoms with E-state index in [1.807, 2.05) is 32.0 Å². The van der Waals surface area contributed by atoms with Crippen molar-refractivity contribution < 1.29 is 14.0 Å². The predicted molar refractivity (Wildman–Crippen MR) is 98.1 cm³/mol. The Morgan fingerprint density at radius 3 is 2.42 bits per heavy atom. The minimum atomic E-state index is -0.652. The maximum atomic E-state index is 13.0. The summed E-state index contributed by atoms with van der Waals surface area (Å²) in [4.78, 5) is 31.0. The van der Waals surface area contributed by atoms with Gasteiger partial charge in [0, 0.05) is 37.5 Å². The van der Waals surface area contributed by atoms with Crippen LogP contribution < -0.4 is 5.32 Å². The number of amides is 2. The number of pyridine rings is 1. The van der Waals surface area contributed by atoms with Gasteiger partial charge in [-0.05, 0) is 42.3 Å². The van der Waals surface area contributed by atoms with E-state index in [1.54, 1.807) is 18.1 Å². The van der Waals surface area contributed by atoms with Crippen molar-refractivity contribution in [1.29, 1.82) is 0 Å². The number of hydrogen-bond donors (Lipinski definition) is 1. The third-order valence-electron chi connectivity index (χ3n) is 4.13. The monoisotopic (exact) mass is 357 g/mol. The molecule has 1 unspecified atom stereocenters. The van der Waals surface area contributed by atoms with Crippen LogP contribution in [0.25, 0.3) is 0 Å². The molecule has 1 N–H and O–H groups in total. The minimum Gasteiger partial charge on any atom is -0.344 e. The van der Waals surface area contributed by atoms with Crippen molar-refractivity contribution in [3.8, 4) is 0 Å². The highest BCUT2D eigenvalue weighted by Crippen LogP contribution is 2.09. The summed E-state index contributed by atoms with van der Waals surface area (Å²) < 4.78 is 13.0. The Balaban J connectivity index is 1.99. The highest BCUT2D eigenvalue weighted by Gasteiger charge is 2.27. The van der Waals surface area contributed by atoms with Gasteiger partial charge in [-0.25, -0.2) is 4.39 Å². The molecule has 0 bridgehead atoms. The molecule has 2 aromatic rings. The van der Waals surface area contributed by atoms with Crippen molar-refractivity contribution in [2.75, 3.05) is 13.6 Å².